The Hall–Kier alpha value is -1.95. The van der Waals surface area contributed by atoms with E-state index in [1.807, 2.05) is 0 Å². The molecular formula is C11H15N3O3. The van der Waals surface area contributed by atoms with Gasteiger partial charge in [0.2, 0.25) is 5.91 Å². The predicted molar refractivity (Wildman–Crippen MR) is 60.9 cm³/mol. The third-order valence-electron chi connectivity index (χ3n) is 2.31. The number of aliphatic carboxylic acids is 1. The molecule has 1 heterocycles. The summed E-state index contributed by atoms with van der Waals surface area (Å²) in [5.74, 6) is -1.47. The number of nitrogens with two attached hydrogens (primary N) is 1. The van der Waals surface area contributed by atoms with Crippen LogP contribution in [0.3, 0.4) is 0 Å². The summed E-state index contributed by atoms with van der Waals surface area (Å²) in [6.45, 7) is 0.410. The normalized spacial score (nSPS) is 11.9. The number of carbonyl (C=O) groups is 2. The molecule has 0 aliphatic carbocycles. The van der Waals surface area contributed by atoms with Crippen molar-refractivity contribution in [2.24, 2.45) is 5.73 Å². The Labute approximate surface area is 99.1 Å². The van der Waals surface area contributed by atoms with Crippen molar-refractivity contribution in [3.63, 3.8) is 0 Å². The van der Waals surface area contributed by atoms with Crippen LogP contribution in [0.1, 0.15) is 12.0 Å². The summed E-state index contributed by atoms with van der Waals surface area (Å²) < 4.78 is 0. The highest BCUT2D eigenvalue weighted by Gasteiger charge is 2.18. The molecule has 0 saturated carbocycles. The summed E-state index contributed by atoms with van der Waals surface area (Å²) in [5, 5.41) is 8.60. The Balaban J connectivity index is 2.50. The van der Waals surface area contributed by atoms with Crippen LogP contribution in [0.2, 0.25) is 0 Å². The van der Waals surface area contributed by atoms with Gasteiger partial charge in [0, 0.05) is 26.0 Å². The van der Waals surface area contributed by atoms with Crippen LogP contribution in [-0.4, -0.2) is 40.0 Å². The maximum absolute atomic E-state index is 11.6. The molecule has 0 aliphatic rings. The number of hydrogen-bond acceptors (Lipinski definition) is 4. The number of amides is 1. The molecule has 0 bridgehead atoms. The lowest BCUT2D eigenvalue weighted by atomic mass is 10.2. The van der Waals surface area contributed by atoms with E-state index in [1.165, 1.54) is 4.90 Å². The van der Waals surface area contributed by atoms with E-state index in [-0.39, 0.29) is 12.3 Å². The third kappa shape index (κ3) is 4.20. The fourth-order valence-corrected chi connectivity index (χ4v) is 1.28. The summed E-state index contributed by atoms with van der Waals surface area (Å²) in [6, 6.07) is 2.43. The molecule has 0 aliphatic heterocycles. The van der Waals surface area contributed by atoms with E-state index in [0.29, 0.717) is 6.54 Å². The molecule has 0 aromatic carbocycles. The highest BCUT2D eigenvalue weighted by atomic mass is 16.4. The van der Waals surface area contributed by atoms with Crippen LogP contribution in [0.15, 0.2) is 24.5 Å². The number of carbonyl (C=O) groups excluding carboxylic acids is 1. The minimum Gasteiger partial charge on any atom is -0.480 e. The van der Waals surface area contributed by atoms with E-state index in [1.54, 1.807) is 31.6 Å². The molecule has 0 radical (unpaired) electrons. The fourth-order valence-electron chi connectivity index (χ4n) is 1.28. The number of carboxylic acids is 1. The molecule has 1 aromatic rings. The smallest absolute Gasteiger partial charge is 0.321 e. The largest absolute Gasteiger partial charge is 0.480 e. The second kappa shape index (κ2) is 5.95. The third-order valence-corrected chi connectivity index (χ3v) is 2.31. The molecule has 6 nitrogen and oxygen atoms in total. The summed E-state index contributed by atoms with van der Waals surface area (Å²) in [7, 11) is 1.61. The van der Waals surface area contributed by atoms with Crippen molar-refractivity contribution in [3.8, 4) is 0 Å². The average molecular weight is 237 g/mol. The molecule has 0 saturated heterocycles. The van der Waals surface area contributed by atoms with Crippen LogP contribution in [0.4, 0.5) is 0 Å². The van der Waals surface area contributed by atoms with Crippen LogP contribution in [0, 0.1) is 0 Å². The van der Waals surface area contributed by atoms with Crippen molar-refractivity contribution in [2.45, 2.75) is 19.0 Å². The topological polar surface area (TPSA) is 96.5 Å². The van der Waals surface area contributed by atoms with Crippen LogP contribution in [-0.2, 0) is 16.1 Å². The molecule has 6 heteroatoms. The van der Waals surface area contributed by atoms with E-state index in [4.69, 9.17) is 10.8 Å². The van der Waals surface area contributed by atoms with Crippen LogP contribution in [0.5, 0.6) is 0 Å². The van der Waals surface area contributed by atoms with Gasteiger partial charge in [0.05, 0.1) is 6.42 Å². The van der Waals surface area contributed by atoms with Gasteiger partial charge in [-0.05, 0) is 17.7 Å². The molecule has 0 fully saturated rings. The lowest BCUT2D eigenvalue weighted by Gasteiger charge is -2.18. The molecule has 1 atom stereocenters. The first-order chi connectivity index (χ1) is 8.00. The van der Waals surface area contributed by atoms with Crippen LogP contribution >= 0.6 is 0 Å². The minimum atomic E-state index is -1.17. The number of hydrogen-bond donors (Lipinski definition) is 2. The monoisotopic (exact) mass is 237 g/mol. The van der Waals surface area contributed by atoms with Gasteiger partial charge in [-0.3, -0.25) is 14.6 Å². The summed E-state index contributed by atoms with van der Waals surface area (Å²) >= 11 is 0. The Morgan fingerprint density at radius 1 is 1.47 bits per heavy atom. The number of carboxylic acid groups (broad SMARTS) is 1. The first kappa shape index (κ1) is 13.1. The Morgan fingerprint density at radius 3 is 2.59 bits per heavy atom. The molecule has 3 N–H and O–H groups in total. The maximum atomic E-state index is 11.6. The molecule has 1 unspecified atom stereocenters. The second-order valence-corrected chi connectivity index (χ2v) is 3.75. The molecule has 1 aromatic heterocycles. The van der Waals surface area contributed by atoms with Crippen molar-refractivity contribution in [3.05, 3.63) is 30.1 Å². The van der Waals surface area contributed by atoms with Gasteiger partial charge in [-0.15, -0.1) is 0 Å². The lowest BCUT2D eigenvalue weighted by molar-refractivity contribution is -0.142. The van der Waals surface area contributed by atoms with Gasteiger partial charge in [0.1, 0.15) is 6.04 Å². The van der Waals surface area contributed by atoms with Gasteiger partial charge < -0.3 is 15.7 Å². The molecule has 17 heavy (non-hydrogen) atoms. The number of rotatable bonds is 5. The van der Waals surface area contributed by atoms with Crippen molar-refractivity contribution >= 4 is 11.9 Å². The molecule has 1 rings (SSSR count). The highest BCUT2D eigenvalue weighted by Crippen LogP contribution is 2.03. The van der Waals surface area contributed by atoms with Gasteiger partial charge in [0.15, 0.2) is 0 Å². The van der Waals surface area contributed by atoms with E-state index in [2.05, 4.69) is 4.98 Å². The van der Waals surface area contributed by atoms with Gasteiger partial charge in [-0.1, -0.05) is 0 Å². The summed E-state index contributed by atoms with van der Waals surface area (Å²) in [4.78, 5) is 27.5. The molecule has 0 spiro atoms. The van der Waals surface area contributed by atoms with Crippen molar-refractivity contribution in [2.75, 3.05) is 7.05 Å². The second-order valence-electron chi connectivity index (χ2n) is 3.75. The zero-order chi connectivity index (χ0) is 12.8. The fraction of sp³-hybridized carbons (Fsp3) is 0.364. The predicted octanol–water partition coefficient (Wildman–Crippen LogP) is -0.158. The summed E-state index contributed by atoms with van der Waals surface area (Å²) in [6.07, 6.45) is 3.07. The van der Waals surface area contributed by atoms with Crippen molar-refractivity contribution in [1.82, 2.24) is 9.88 Å². The van der Waals surface area contributed by atoms with E-state index in [9.17, 15) is 9.59 Å². The van der Waals surface area contributed by atoms with E-state index >= 15 is 0 Å². The number of nitrogens with zero attached hydrogens (tertiary/aromatic N) is 2. The zero-order valence-electron chi connectivity index (χ0n) is 9.54. The Kier molecular flexibility index (Phi) is 4.59. The Bertz CT molecular complexity index is 394. The first-order valence-corrected chi connectivity index (χ1v) is 5.12. The molecule has 92 valence electrons. The van der Waals surface area contributed by atoms with Crippen LogP contribution in [0.25, 0.3) is 0 Å². The quantitative estimate of drug-likeness (QED) is 0.741. The molecular weight excluding hydrogens is 222 g/mol. The lowest BCUT2D eigenvalue weighted by Crippen LogP contribution is -2.37. The molecule has 1 amide bonds. The van der Waals surface area contributed by atoms with Gasteiger partial charge in [0.25, 0.3) is 0 Å². The summed E-state index contributed by atoms with van der Waals surface area (Å²) in [5.41, 5.74) is 6.22. The van der Waals surface area contributed by atoms with E-state index in [0.717, 1.165) is 5.56 Å². The van der Waals surface area contributed by atoms with Gasteiger partial charge in [-0.2, -0.15) is 0 Å². The SMILES string of the molecule is CN(Cc1ccncc1)C(=O)CC(N)C(=O)O. The Morgan fingerprint density at radius 2 is 2.06 bits per heavy atom. The standard InChI is InChI=1S/C11H15N3O3/c1-14(7-8-2-4-13-5-3-8)10(15)6-9(12)11(16)17/h2-5,9H,6-7,12H2,1H3,(H,16,17). The van der Waals surface area contributed by atoms with Gasteiger partial charge >= 0.3 is 5.97 Å². The van der Waals surface area contributed by atoms with E-state index < -0.39 is 12.0 Å². The zero-order valence-corrected chi connectivity index (χ0v) is 9.54. The van der Waals surface area contributed by atoms with Crippen LogP contribution < -0.4 is 5.73 Å². The van der Waals surface area contributed by atoms with Gasteiger partial charge in [-0.25, -0.2) is 0 Å². The van der Waals surface area contributed by atoms with Crippen molar-refractivity contribution < 1.29 is 14.7 Å². The van der Waals surface area contributed by atoms with Crippen molar-refractivity contribution in [1.29, 1.82) is 0 Å². The number of pyridine rings is 1. The number of aromatic nitrogens is 1. The maximum Gasteiger partial charge on any atom is 0.321 e. The minimum absolute atomic E-state index is 0.198. The highest BCUT2D eigenvalue weighted by molar-refractivity contribution is 5.84. The first-order valence-electron chi connectivity index (χ1n) is 5.12. The average Bonchev–Trinajstić information content (AvgIpc) is 2.29.